The molecule has 4 aromatic rings. The number of hydrogen-bond acceptors (Lipinski definition) is 2. The Morgan fingerprint density at radius 3 is 1.93 bits per heavy atom. The van der Waals surface area contributed by atoms with Crippen LogP contribution in [-0.2, 0) is 16.2 Å². The van der Waals surface area contributed by atoms with Crippen molar-refractivity contribution in [2.45, 2.75) is 85.2 Å². The summed E-state index contributed by atoms with van der Waals surface area (Å²) in [6.07, 6.45) is 0. The molecule has 2 heterocycles. The molecule has 0 aromatic heterocycles. The van der Waals surface area contributed by atoms with E-state index in [4.69, 9.17) is 21.2 Å². The second-order valence-electron chi connectivity index (χ2n) is 12.5. The highest BCUT2D eigenvalue weighted by molar-refractivity contribution is 6.99. The Morgan fingerprint density at radius 2 is 1.23 bits per heavy atom. The molecule has 2 aliphatic heterocycles. The van der Waals surface area contributed by atoms with Crippen molar-refractivity contribution in [2.75, 3.05) is 4.90 Å². The summed E-state index contributed by atoms with van der Waals surface area (Å²) in [4.78, 5) is 2.04. The van der Waals surface area contributed by atoms with Gasteiger partial charge in [-0.3, -0.25) is 0 Å². The van der Waals surface area contributed by atoms with Crippen molar-refractivity contribution in [3.05, 3.63) is 95.1 Å². The van der Waals surface area contributed by atoms with Gasteiger partial charge in [-0.2, -0.15) is 0 Å². The highest BCUT2D eigenvalue weighted by Gasteiger charge is 2.42. The van der Waals surface area contributed by atoms with Crippen LogP contribution in [0.3, 0.4) is 0 Å². The van der Waals surface area contributed by atoms with E-state index < -0.39 is 50.4 Å². The lowest BCUT2D eigenvalue weighted by atomic mass is 9.33. The van der Waals surface area contributed by atoms with E-state index in [0.29, 0.717) is 28.1 Å². The smallest absolute Gasteiger partial charge is 0.256 e. The average Bonchev–Trinajstić information content (AvgIpc) is 3.01. The van der Waals surface area contributed by atoms with E-state index in [-0.39, 0.29) is 5.56 Å². The van der Waals surface area contributed by atoms with E-state index in [1.165, 1.54) is 13.0 Å². The van der Waals surface area contributed by atoms with Gasteiger partial charge in [-0.15, -0.1) is 0 Å². The van der Waals surface area contributed by atoms with E-state index in [1.54, 1.807) is 39.8 Å². The summed E-state index contributed by atoms with van der Waals surface area (Å²) in [5.41, 5.74) is 1.94. The summed E-state index contributed by atoms with van der Waals surface area (Å²) in [5.74, 6) is 0.998. The minimum Gasteiger partial charge on any atom is -0.458 e. The van der Waals surface area contributed by atoms with Gasteiger partial charge in [0.2, 0.25) is 0 Å². The molecule has 204 valence electrons. The molecule has 0 unspecified atom stereocenters. The molecule has 2 nitrogen and oxygen atoms in total. The maximum Gasteiger partial charge on any atom is 0.256 e. The van der Waals surface area contributed by atoms with E-state index in [0.717, 1.165) is 33.6 Å². The summed E-state index contributed by atoms with van der Waals surface area (Å²) in [6.45, 7) is -1.01. The molecule has 0 atom stereocenters. The summed E-state index contributed by atoms with van der Waals surface area (Å²) < 4.78 is 106. The zero-order valence-corrected chi connectivity index (χ0v) is 23.9. The topological polar surface area (TPSA) is 12.5 Å². The van der Waals surface area contributed by atoms with Crippen molar-refractivity contribution < 1.29 is 21.2 Å². The van der Waals surface area contributed by atoms with Gasteiger partial charge in [-0.25, -0.2) is 0 Å². The molecule has 0 fully saturated rings. The van der Waals surface area contributed by atoms with Gasteiger partial charge < -0.3 is 9.64 Å². The van der Waals surface area contributed by atoms with Crippen LogP contribution in [0.1, 0.15) is 101 Å². The van der Waals surface area contributed by atoms with Crippen LogP contribution in [0.15, 0.2) is 72.8 Å². The van der Waals surface area contributed by atoms with Crippen molar-refractivity contribution in [1.29, 1.82) is 0 Å². The van der Waals surface area contributed by atoms with Crippen LogP contribution < -0.4 is 26.0 Å². The van der Waals surface area contributed by atoms with E-state index >= 15 is 0 Å². The molecule has 0 radical (unpaired) electrons. The van der Waals surface area contributed by atoms with Gasteiger partial charge in [0.15, 0.2) is 0 Å². The predicted molar refractivity (Wildman–Crippen MR) is 173 cm³/mol. The SMILES string of the molecule is [2H]C([2H])([2H])C(C)(C)c1ccc(N2c3ccc(C(C)(C)C([2H])([2H])[2H])cc3B3c4cc(C(C)(C([2H])([2H])[2H])C([2H])([2H])[2H])ccc4Oc4cc(C)cc2c43)cc1. The molecule has 0 amide bonds. The van der Waals surface area contributed by atoms with Crippen LogP contribution in [0, 0.1) is 6.92 Å². The van der Waals surface area contributed by atoms with Crippen LogP contribution in [0.25, 0.3) is 0 Å². The first-order valence-electron chi connectivity index (χ1n) is 19.6. The summed E-state index contributed by atoms with van der Waals surface area (Å²) in [7, 11) is 0. The maximum absolute atomic E-state index is 8.37. The highest BCUT2D eigenvalue weighted by Crippen LogP contribution is 2.42. The van der Waals surface area contributed by atoms with E-state index in [1.807, 2.05) is 66.4 Å². The molecule has 4 aromatic carbocycles. The van der Waals surface area contributed by atoms with E-state index in [2.05, 4.69) is 0 Å². The second kappa shape index (κ2) is 8.77. The molecule has 0 spiro atoms. The third-order valence-electron chi connectivity index (χ3n) is 8.06. The number of fused-ring (bicyclic) bond motifs is 4. The normalized spacial score (nSPS) is 20.1. The van der Waals surface area contributed by atoms with E-state index in [9.17, 15) is 0 Å². The Bertz CT molecular complexity index is 2040. The quantitative estimate of drug-likeness (QED) is 0.195. The van der Waals surface area contributed by atoms with Crippen LogP contribution in [0.5, 0.6) is 11.5 Å². The minimum atomic E-state index is -2.87. The Labute approximate surface area is 258 Å². The first kappa shape index (κ1) is 16.1. The number of anilines is 3. The molecule has 0 bridgehead atoms. The molecular formula is C37H42BNO. The number of rotatable bonds is 1. The van der Waals surface area contributed by atoms with Crippen molar-refractivity contribution in [1.82, 2.24) is 0 Å². The number of nitrogens with zero attached hydrogens (tertiary/aromatic N) is 1. The third-order valence-corrected chi connectivity index (χ3v) is 8.06. The van der Waals surface area contributed by atoms with Crippen LogP contribution in [0.4, 0.5) is 17.1 Å². The molecule has 3 heteroatoms. The molecule has 0 aliphatic carbocycles. The lowest BCUT2D eigenvalue weighted by Crippen LogP contribution is -2.60. The molecule has 0 saturated carbocycles. The van der Waals surface area contributed by atoms with Gasteiger partial charge in [-0.05, 0) is 98.2 Å². The lowest BCUT2D eigenvalue weighted by Gasteiger charge is -2.41. The molecule has 6 rings (SSSR count). The van der Waals surface area contributed by atoms with Gasteiger partial charge in [0.1, 0.15) is 11.5 Å². The van der Waals surface area contributed by atoms with Crippen LogP contribution in [-0.4, -0.2) is 6.71 Å². The fourth-order valence-corrected chi connectivity index (χ4v) is 5.89. The number of aryl methyl sites for hydroxylation is 1. The average molecular weight is 540 g/mol. The Morgan fingerprint density at radius 1 is 0.625 bits per heavy atom. The number of ether oxygens (including phenoxy) is 1. The highest BCUT2D eigenvalue weighted by atomic mass is 16.5. The molecule has 40 heavy (non-hydrogen) atoms. The zero-order valence-electron chi connectivity index (χ0n) is 35.9. The Kier molecular flexibility index (Phi) is 3.53. The monoisotopic (exact) mass is 539 g/mol. The number of hydrogen-bond donors (Lipinski definition) is 0. The van der Waals surface area contributed by atoms with Crippen LogP contribution >= 0.6 is 0 Å². The summed E-state index contributed by atoms with van der Waals surface area (Å²) in [6, 6.07) is 21.6. The van der Waals surface area contributed by atoms with Gasteiger partial charge >= 0.3 is 0 Å². The van der Waals surface area contributed by atoms with Gasteiger partial charge in [0.25, 0.3) is 6.71 Å². The van der Waals surface area contributed by atoms with Crippen molar-refractivity contribution >= 4 is 40.2 Å². The maximum atomic E-state index is 8.37. The third kappa shape index (κ3) is 4.35. The molecule has 2 aliphatic rings. The fraction of sp³-hybridized carbons (Fsp3) is 0.351. The fourth-order valence-electron chi connectivity index (χ4n) is 5.89. The van der Waals surface area contributed by atoms with Gasteiger partial charge in [0.05, 0.1) is 0 Å². The van der Waals surface area contributed by atoms with Crippen molar-refractivity contribution in [3.63, 3.8) is 0 Å². The van der Waals surface area contributed by atoms with Gasteiger partial charge in [-0.1, -0.05) is 98.4 Å². The van der Waals surface area contributed by atoms with Gasteiger partial charge in [0, 0.05) is 33.5 Å². The molecular weight excluding hydrogens is 485 g/mol. The number of benzene rings is 4. The summed E-state index contributed by atoms with van der Waals surface area (Å²) in [5, 5.41) is 0. The standard InChI is InChI=1S/C37H42BNO/c1-23-19-31-34-33(20-23)40-32-18-14-26(37(8,9)10)22-29(32)38(34)28-21-25(36(5,6)7)13-17-30(28)39(31)27-15-11-24(12-16-27)35(2,3)4/h11-22H,1-10H3/i2D3,5D3,8D3,9D3. The first-order valence-corrected chi connectivity index (χ1v) is 13.6. The lowest BCUT2D eigenvalue weighted by molar-refractivity contribution is 0.486. The Balaban J connectivity index is 1.66. The largest absolute Gasteiger partial charge is 0.458 e. The minimum absolute atomic E-state index is 0.113. The Hall–Kier alpha value is -3.46. The molecule has 0 N–H and O–H groups in total. The second-order valence-corrected chi connectivity index (χ2v) is 12.5. The molecule has 0 saturated heterocycles. The predicted octanol–water partition coefficient (Wildman–Crippen LogP) is 8.29. The first-order chi connectivity index (χ1) is 23.6. The van der Waals surface area contributed by atoms with Crippen molar-refractivity contribution in [2.24, 2.45) is 0 Å². The van der Waals surface area contributed by atoms with Crippen LogP contribution in [0.2, 0.25) is 0 Å². The summed E-state index contributed by atoms with van der Waals surface area (Å²) >= 11 is 0. The zero-order chi connectivity index (χ0) is 38.8. The van der Waals surface area contributed by atoms with Crippen molar-refractivity contribution in [3.8, 4) is 11.5 Å².